The van der Waals surface area contributed by atoms with Crippen LogP contribution in [0.3, 0.4) is 0 Å². The fraction of sp³-hybridized carbons (Fsp3) is 0.111. The monoisotopic (exact) mass is 393 g/mol. The van der Waals surface area contributed by atoms with Crippen LogP contribution < -0.4 is 10.1 Å². The topological polar surface area (TPSA) is 56.1 Å². The SMILES string of the molecule is O=C(COc1cccc(F)c1)Nc1ccnn1Cc1c(Cl)cccc1Cl. The van der Waals surface area contributed by atoms with Crippen molar-refractivity contribution in [2.45, 2.75) is 6.54 Å². The smallest absolute Gasteiger partial charge is 0.263 e. The fourth-order valence-electron chi connectivity index (χ4n) is 2.28. The number of carbonyl (C=O) groups is 1. The van der Waals surface area contributed by atoms with Gasteiger partial charge in [0.05, 0.1) is 12.7 Å². The third-order valence-corrected chi connectivity index (χ3v) is 4.23. The van der Waals surface area contributed by atoms with Crippen molar-refractivity contribution in [3.8, 4) is 5.75 Å². The molecule has 8 heteroatoms. The van der Waals surface area contributed by atoms with Crippen molar-refractivity contribution < 1.29 is 13.9 Å². The average molecular weight is 394 g/mol. The summed E-state index contributed by atoms with van der Waals surface area (Å²) in [6.07, 6.45) is 1.55. The molecule has 1 heterocycles. The van der Waals surface area contributed by atoms with Gasteiger partial charge in [-0.15, -0.1) is 0 Å². The molecule has 1 N–H and O–H groups in total. The first-order valence-corrected chi connectivity index (χ1v) is 8.41. The van der Waals surface area contributed by atoms with Crippen molar-refractivity contribution in [1.82, 2.24) is 9.78 Å². The quantitative estimate of drug-likeness (QED) is 0.675. The normalized spacial score (nSPS) is 10.6. The lowest BCUT2D eigenvalue weighted by Crippen LogP contribution is -2.22. The van der Waals surface area contributed by atoms with Crippen molar-refractivity contribution in [2.75, 3.05) is 11.9 Å². The predicted molar refractivity (Wildman–Crippen MR) is 98.3 cm³/mol. The van der Waals surface area contributed by atoms with Crippen LogP contribution in [-0.4, -0.2) is 22.3 Å². The Kier molecular flexibility index (Phi) is 5.75. The van der Waals surface area contributed by atoms with E-state index in [1.54, 1.807) is 41.2 Å². The zero-order valence-corrected chi connectivity index (χ0v) is 15.0. The summed E-state index contributed by atoms with van der Waals surface area (Å²) in [7, 11) is 0. The first kappa shape index (κ1) is 18.2. The summed E-state index contributed by atoms with van der Waals surface area (Å²) in [5, 5.41) is 7.89. The molecule has 0 fully saturated rings. The first-order valence-electron chi connectivity index (χ1n) is 7.66. The van der Waals surface area contributed by atoms with Crippen LogP contribution in [0.1, 0.15) is 5.56 Å². The van der Waals surface area contributed by atoms with E-state index in [0.29, 0.717) is 28.0 Å². The highest BCUT2D eigenvalue weighted by molar-refractivity contribution is 6.35. The molecular weight excluding hydrogens is 380 g/mol. The lowest BCUT2D eigenvalue weighted by atomic mass is 10.2. The number of aromatic nitrogens is 2. The summed E-state index contributed by atoms with van der Waals surface area (Å²) < 4.78 is 19.9. The minimum atomic E-state index is -0.433. The van der Waals surface area contributed by atoms with E-state index in [4.69, 9.17) is 27.9 Å². The maximum Gasteiger partial charge on any atom is 0.263 e. The van der Waals surface area contributed by atoms with Crippen LogP contribution in [0.25, 0.3) is 0 Å². The number of anilines is 1. The lowest BCUT2D eigenvalue weighted by Gasteiger charge is -2.12. The molecule has 0 unspecified atom stereocenters. The summed E-state index contributed by atoms with van der Waals surface area (Å²) in [5.74, 6) is -0.0933. The molecule has 26 heavy (non-hydrogen) atoms. The summed E-state index contributed by atoms with van der Waals surface area (Å²) in [5.41, 5.74) is 0.700. The van der Waals surface area contributed by atoms with E-state index in [2.05, 4.69) is 10.4 Å². The molecule has 134 valence electrons. The Balaban J connectivity index is 1.64. The van der Waals surface area contributed by atoms with E-state index in [9.17, 15) is 9.18 Å². The van der Waals surface area contributed by atoms with E-state index >= 15 is 0 Å². The highest BCUT2D eigenvalue weighted by atomic mass is 35.5. The number of ether oxygens (including phenoxy) is 1. The molecule has 5 nitrogen and oxygen atoms in total. The number of nitrogens with zero attached hydrogens (tertiary/aromatic N) is 2. The molecule has 0 aliphatic heterocycles. The van der Waals surface area contributed by atoms with Crippen LogP contribution in [-0.2, 0) is 11.3 Å². The molecule has 0 radical (unpaired) electrons. The molecule has 1 aromatic heterocycles. The van der Waals surface area contributed by atoms with Gasteiger partial charge in [-0.05, 0) is 24.3 Å². The number of hydrogen-bond donors (Lipinski definition) is 1. The minimum absolute atomic E-state index is 0.262. The van der Waals surface area contributed by atoms with Gasteiger partial charge < -0.3 is 10.1 Å². The second-order valence-corrected chi connectivity index (χ2v) is 6.18. The Morgan fingerprint density at radius 2 is 1.88 bits per heavy atom. The molecule has 0 atom stereocenters. The van der Waals surface area contributed by atoms with Gasteiger partial charge in [0.15, 0.2) is 6.61 Å². The fourth-order valence-corrected chi connectivity index (χ4v) is 2.80. The van der Waals surface area contributed by atoms with Crippen LogP contribution in [0.5, 0.6) is 5.75 Å². The molecule has 0 saturated heterocycles. The molecule has 0 spiro atoms. The minimum Gasteiger partial charge on any atom is -0.484 e. The molecular formula is C18H14Cl2FN3O2. The molecule has 1 amide bonds. The van der Waals surface area contributed by atoms with Gasteiger partial charge in [0, 0.05) is 27.7 Å². The van der Waals surface area contributed by atoms with Crippen LogP contribution in [0.15, 0.2) is 54.7 Å². The summed E-state index contributed by atoms with van der Waals surface area (Å²) in [4.78, 5) is 12.1. The van der Waals surface area contributed by atoms with Gasteiger partial charge in [-0.3, -0.25) is 4.79 Å². The van der Waals surface area contributed by atoms with Gasteiger partial charge in [0.25, 0.3) is 5.91 Å². The maximum absolute atomic E-state index is 13.1. The predicted octanol–water partition coefficient (Wildman–Crippen LogP) is 4.39. The van der Waals surface area contributed by atoms with E-state index in [0.717, 1.165) is 0 Å². The highest BCUT2D eigenvalue weighted by Crippen LogP contribution is 2.26. The molecule has 3 aromatic rings. The lowest BCUT2D eigenvalue weighted by molar-refractivity contribution is -0.118. The van der Waals surface area contributed by atoms with Gasteiger partial charge in [-0.1, -0.05) is 35.3 Å². The van der Waals surface area contributed by atoms with E-state index in [1.165, 1.54) is 18.2 Å². The van der Waals surface area contributed by atoms with Crippen LogP contribution in [0, 0.1) is 5.82 Å². The van der Waals surface area contributed by atoms with Crippen molar-refractivity contribution in [2.24, 2.45) is 0 Å². The molecule has 0 aliphatic rings. The number of halogens is 3. The molecule has 3 rings (SSSR count). The zero-order chi connectivity index (χ0) is 18.5. The maximum atomic E-state index is 13.1. The third-order valence-electron chi connectivity index (χ3n) is 3.52. The highest BCUT2D eigenvalue weighted by Gasteiger charge is 2.12. The van der Waals surface area contributed by atoms with Crippen LogP contribution >= 0.6 is 23.2 Å². The van der Waals surface area contributed by atoms with Crippen molar-refractivity contribution in [1.29, 1.82) is 0 Å². The Bertz CT molecular complexity index is 910. The van der Waals surface area contributed by atoms with Crippen LogP contribution in [0.4, 0.5) is 10.2 Å². The van der Waals surface area contributed by atoms with Gasteiger partial charge in [0.1, 0.15) is 17.4 Å². The van der Waals surface area contributed by atoms with Crippen molar-refractivity contribution in [3.63, 3.8) is 0 Å². The zero-order valence-electron chi connectivity index (χ0n) is 13.5. The molecule has 2 aromatic carbocycles. The number of benzene rings is 2. The van der Waals surface area contributed by atoms with Crippen LogP contribution in [0.2, 0.25) is 10.0 Å². The second-order valence-electron chi connectivity index (χ2n) is 5.37. The number of nitrogens with one attached hydrogen (secondary N) is 1. The Labute approximate surface area is 159 Å². The molecule has 0 saturated carbocycles. The number of rotatable bonds is 6. The second kappa shape index (κ2) is 8.21. The number of carbonyl (C=O) groups excluding carboxylic acids is 1. The first-order chi connectivity index (χ1) is 12.5. The standard InChI is InChI=1S/C18H14Cl2FN3O2/c19-15-5-2-6-16(20)14(15)10-24-17(7-8-22-24)23-18(25)11-26-13-4-1-3-12(21)9-13/h1-9H,10-11H2,(H,23,25). The van der Waals surface area contributed by atoms with Gasteiger partial charge >= 0.3 is 0 Å². The van der Waals surface area contributed by atoms with E-state index < -0.39 is 11.7 Å². The van der Waals surface area contributed by atoms with Crippen molar-refractivity contribution >= 4 is 34.9 Å². The average Bonchev–Trinajstić information content (AvgIpc) is 3.03. The Morgan fingerprint density at radius 1 is 1.15 bits per heavy atom. The van der Waals surface area contributed by atoms with Gasteiger partial charge in [0.2, 0.25) is 0 Å². The van der Waals surface area contributed by atoms with E-state index in [1.807, 2.05) is 0 Å². The summed E-state index contributed by atoms with van der Waals surface area (Å²) in [6.45, 7) is 0.0351. The Hall–Kier alpha value is -2.57. The van der Waals surface area contributed by atoms with Crippen molar-refractivity contribution in [3.05, 3.63) is 76.2 Å². The third kappa shape index (κ3) is 4.53. The van der Waals surface area contributed by atoms with E-state index in [-0.39, 0.29) is 12.4 Å². The number of amides is 1. The van der Waals surface area contributed by atoms with Gasteiger partial charge in [-0.2, -0.15) is 5.10 Å². The largest absolute Gasteiger partial charge is 0.484 e. The summed E-state index contributed by atoms with van der Waals surface area (Å²) in [6, 6.07) is 12.4. The molecule has 0 aliphatic carbocycles. The molecule has 0 bridgehead atoms. The van der Waals surface area contributed by atoms with Gasteiger partial charge in [-0.25, -0.2) is 9.07 Å². The number of hydrogen-bond acceptors (Lipinski definition) is 3. The Morgan fingerprint density at radius 3 is 2.62 bits per heavy atom. The summed E-state index contributed by atoms with van der Waals surface area (Å²) >= 11 is 12.3.